The van der Waals surface area contributed by atoms with E-state index in [4.69, 9.17) is 11.6 Å². The van der Waals surface area contributed by atoms with Crippen molar-refractivity contribution in [2.75, 3.05) is 7.05 Å². The molecule has 1 aromatic rings. The molecule has 0 aliphatic heterocycles. The molecule has 0 fully saturated rings. The maximum atomic E-state index is 12.0. The van der Waals surface area contributed by atoms with Gasteiger partial charge in [-0.25, -0.2) is 9.97 Å². The van der Waals surface area contributed by atoms with Crippen molar-refractivity contribution in [3.63, 3.8) is 0 Å². The van der Waals surface area contributed by atoms with E-state index in [0.717, 1.165) is 6.42 Å². The van der Waals surface area contributed by atoms with Crippen molar-refractivity contribution in [1.82, 2.24) is 14.9 Å². The molecule has 1 heterocycles. The first-order valence-electron chi connectivity index (χ1n) is 5.14. The van der Waals surface area contributed by atoms with E-state index < -0.39 is 0 Å². The molecule has 1 amide bonds. The second kappa shape index (κ2) is 4.78. The largest absolute Gasteiger partial charge is 0.335 e. The summed E-state index contributed by atoms with van der Waals surface area (Å²) < 4.78 is 0. The SMILES string of the molecule is CCC(C)(C)N(C)C(=O)c1cnc(Cl)cn1. The Morgan fingerprint density at radius 1 is 1.44 bits per heavy atom. The van der Waals surface area contributed by atoms with E-state index in [2.05, 4.69) is 9.97 Å². The second-order valence-corrected chi connectivity index (χ2v) is 4.64. The zero-order valence-corrected chi connectivity index (χ0v) is 10.7. The van der Waals surface area contributed by atoms with E-state index in [1.807, 2.05) is 20.8 Å². The third-order valence-corrected chi connectivity index (χ3v) is 3.11. The van der Waals surface area contributed by atoms with Crippen molar-refractivity contribution < 1.29 is 4.79 Å². The van der Waals surface area contributed by atoms with Gasteiger partial charge >= 0.3 is 0 Å². The molecule has 4 nitrogen and oxygen atoms in total. The molecule has 88 valence electrons. The van der Waals surface area contributed by atoms with Crippen LogP contribution in [0, 0.1) is 0 Å². The highest BCUT2D eigenvalue weighted by Gasteiger charge is 2.27. The van der Waals surface area contributed by atoms with Crippen LogP contribution < -0.4 is 0 Å². The van der Waals surface area contributed by atoms with Gasteiger partial charge in [0.1, 0.15) is 10.8 Å². The Morgan fingerprint density at radius 3 is 2.50 bits per heavy atom. The topological polar surface area (TPSA) is 46.1 Å². The van der Waals surface area contributed by atoms with E-state index in [1.165, 1.54) is 12.4 Å². The second-order valence-electron chi connectivity index (χ2n) is 4.25. The molecule has 0 radical (unpaired) electrons. The summed E-state index contributed by atoms with van der Waals surface area (Å²) >= 11 is 5.61. The van der Waals surface area contributed by atoms with Gasteiger partial charge < -0.3 is 4.90 Å². The predicted octanol–water partition coefficient (Wildman–Crippen LogP) is 2.39. The number of aromatic nitrogens is 2. The molecule has 0 spiro atoms. The van der Waals surface area contributed by atoms with E-state index in [0.29, 0.717) is 5.69 Å². The molecule has 0 aliphatic carbocycles. The fourth-order valence-corrected chi connectivity index (χ4v) is 1.20. The Balaban J connectivity index is 2.90. The summed E-state index contributed by atoms with van der Waals surface area (Å²) in [6, 6.07) is 0. The zero-order chi connectivity index (χ0) is 12.3. The Kier molecular flexibility index (Phi) is 3.86. The van der Waals surface area contributed by atoms with Gasteiger partial charge in [0.15, 0.2) is 0 Å². The first-order valence-corrected chi connectivity index (χ1v) is 5.52. The molecule has 0 aliphatic rings. The van der Waals surface area contributed by atoms with E-state index in [-0.39, 0.29) is 16.6 Å². The summed E-state index contributed by atoms with van der Waals surface area (Å²) in [5, 5.41) is 0.286. The van der Waals surface area contributed by atoms with Gasteiger partial charge in [0.25, 0.3) is 5.91 Å². The Morgan fingerprint density at radius 2 is 2.06 bits per heavy atom. The molecular formula is C11H16ClN3O. The van der Waals surface area contributed by atoms with Crippen molar-refractivity contribution in [1.29, 1.82) is 0 Å². The molecule has 0 saturated heterocycles. The number of hydrogen-bond donors (Lipinski definition) is 0. The maximum Gasteiger partial charge on any atom is 0.274 e. The minimum Gasteiger partial charge on any atom is -0.335 e. The molecule has 0 atom stereocenters. The number of carbonyl (C=O) groups is 1. The fraction of sp³-hybridized carbons (Fsp3) is 0.545. The molecule has 0 unspecified atom stereocenters. The van der Waals surface area contributed by atoms with Gasteiger partial charge in [0.05, 0.1) is 12.4 Å². The van der Waals surface area contributed by atoms with Crippen LogP contribution in [0.1, 0.15) is 37.7 Å². The fourth-order valence-electron chi connectivity index (χ4n) is 1.11. The Bertz CT molecular complexity index is 375. The predicted molar refractivity (Wildman–Crippen MR) is 63.5 cm³/mol. The van der Waals surface area contributed by atoms with Crippen LogP contribution in [0.15, 0.2) is 12.4 Å². The molecule has 5 heteroatoms. The zero-order valence-electron chi connectivity index (χ0n) is 9.99. The van der Waals surface area contributed by atoms with Crippen molar-refractivity contribution in [2.24, 2.45) is 0 Å². The number of hydrogen-bond acceptors (Lipinski definition) is 3. The average molecular weight is 242 g/mol. The summed E-state index contributed by atoms with van der Waals surface area (Å²) in [5.41, 5.74) is 0.117. The van der Waals surface area contributed by atoms with Crippen LogP contribution in [-0.4, -0.2) is 33.4 Å². The van der Waals surface area contributed by atoms with Gasteiger partial charge in [-0.05, 0) is 20.3 Å². The number of nitrogens with zero attached hydrogens (tertiary/aromatic N) is 3. The summed E-state index contributed by atoms with van der Waals surface area (Å²) in [6.07, 6.45) is 3.64. The van der Waals surface area contributed by atoms with E-state index >= 15 is 0 Å². The highest BCUT2D eigenvalue weighted by molar-refractivity contribution is 6.29. The molecule has 0 aromatic carbocycles. The highest BCUT2D eigenvalue weighted by atomic mass is 35.5. The van der Waals surface area contributed by atoms with Crippen LogP contribution in [0.3, 0.4) is 0 Å². The number of carbonyl (C=O) groups excluding carboxylic acids is 1. The molecule has 0 N–H and O–H groups in total. The molecule has 1 rings (SSSR count). The monoisotopic (exact) mass is 241 g/mol. The third-order valence-electron chi connectivity index (χ3n) is 2.92. The third kappa shape index (κ3) is 2.70. The normalized spacial score (nSPS) is 11.3. The first kappa shape index (κ1) is 12.9. The minimum absolute atomic E-state index is 0.143. The standard InChI is InChI=1S/C11H16ClN3O/c1-5-11(2,3)15(4)10(16)8-6-14-9(12)7-13-8/h6-7H,5H2,1-4H3. The summed E-state index contributed by atoms with van der Waals surface area (Å²) in [7, 11) is 1.77. The van der Waals surface area contributed by atoms with Gasteiger partial charge in [-0.2, -0.15) is 0 Å². The molecule has 0 saturated carbocycles. The van der Waals surface area contributed by atoms with Crippen LogP contribution >= 0.6 is 11.6 Å². The summed E-state index contributed by atoms with van der Waals surface area (Å²) in [4.78, 5) is 21.5. The lowest BCUT2D eigenvalue weighted by molar-refractivity contribution is 0.0613. The van der Waals surface area contributed by atoms with Crippen LogP contribution in [0.2, 0.25) is 5.15 Å². The van der Waals surface area contributed by atoms with E-state index in [9.17, 15) is 4.79 Å². The number of amides is 1. The quantitative estimate of drug-likeness (QED) is 0.816. The smallest absolute Gasteiger partial charge is 0.274 e. The van der Waals surface area contributed by atoms with Gasteiger partial charge in [-0.3, -0.25) is 4.79 Å². The average Bonchev–Trinajstić information content (AvgIpc) is 2.28. The van der Waals surface area contributed by atoms with Crippen molar-refractivity contribution in [3.8, 4) is 0 Å². The lowest BCUT2D eigenvalue weighted by Crippen LogP contribution is -2.44. The van der Waals surface area contributed by atoms with Crippen LogP contribution in [0.5, 0.6) is 0 Å². The molecule has 16 heavy (non-hydrogen) atoms. The van der Waals surface area contributed by atoms with Gasteiger partial charge in [-0.1, -0.05) is 18.5 Å². The van der Waals surface area contributed by atoms with Gasteiger partial charge in [-0.15, -0.1) is 0 Å². The highest BCUT2D eigenvalue weighted by Crippen LogP contribution is 2.18. The minimum atomic E-state index is -0.196. The Labute approximate surface area is 101 Å². The summed E-state index contributed by atoms with van der Waals surface area (Å²) in [6.45, 7) is 6.06. The first-order chi connectivity index (χ1) is 7.38. The lowest BCUT2D eigenvalue weighted by Gasteiger charge is -2.34. The van der Waals surface area contributed by atoms with E-state index in [1.54, 1.807) is 11.9 Å². The van der Waals surface area contributed by atoms with Crippen LogP contribution in [-0.2, 0) is 0 Å². The number of rotatable bonds is 3. The summed E-state index contributed by atoms with van der Waals surface area (Å²) in [5.74, 6) is -0.143. The maximum absolute atomic E-state index is 12.0. The molecule has 0 bridgehead atoms. The van der Waals surface area contributed by atoms with Crippen LogP contribution in [0.25, 0.3) is 0 Å². The van der Waals surface area contributed by atoms with Gasteiger partial charge in [0.2, 0.25) is 0 Å². The lowest BCUT2D eigenvalue weighted by atomic mass is 10.00. The van der Waals surface area contributed by atoms with Crippen molar-refractivity contribution in [2.45, 2.75) is 32.7 Å². The molecular weight excluding hydrogens is 226 g/mol. The molecule has 1 aromatic heterocycles. The Hall–Kier alpha value is -1.16. The van der Waals surface area contributed by atoms with Gasteiger partial charge in [0, 0.05) is 12.6 Å². The van der Waals surface area contributed by atoms with Crippen molar-refractivity contribution in [3.05, 3.63) is 23.2 Å². The van der Waals surface area contributed by atoms with Crippen molar-refractivity contribution >= 4 is 17.5 Å². The van der Waals surface area contributed by atoms with Crippen LogP contribution in [0.4, 0.5) is 0 Å². The number of halogens is 1.